The molecule has 1 saturated heterocycles. The summed E-state index contributed by atoms with van der Waals surface area (Å²) in [6.45, 7) is 2.94. The van der Waals surface area contributed by atoms with Gasteiger partial charge in [0.1, 0.15) is 0 Å². The van der Waals surface area contributed by atoms with E-state index >= 15 is 0 Å². The van der Waals surface area contributed by atoms with Gasteiger partial charge in [-0.3, -0.25) is 9.59 Å². The predicted octanol–water partition coefficient (Wildman–Crippen LogP) is 1.36. The maximum Gasteiger partial charge on any atom is 0.256 e. The lowest BCUT2D eigenvalue weighted by Gasteiger charge is -2.16. The fourth-order valence-electron chi connectivity index (χ4n) is 2.94. The predicted molar refractivity (Wildman–Crippen MR) is 76.1 cm³/mol. The van der Waals surface area contributed by atoms with Crippen molar-refractivity contribution in [3.8, 4) is 0 Å². The molecule has 1 fully saturated rings. The molecular formula is C15H17N3O2. The fraction of sp³-hybridized carbons (Fsp3) is 0.333. The third kappa shape index (κ3) is 1.95. The van der Waals surface area contributed by atoms with E-state index < -0.39 is 0 Å². The molecule has 0 aliphatic carbocycles. The number of nitrogens with two attached hydrogens (primary N) is 1. The van der Waals surface area contributed by atoms with Crippen molar-refractivity contribution in [1.82, 2.24) is 9.88 Å². The van der Waals surface area contributed by atoms with Crippen LogP contribution < -0.4 is 5.73 Å². The normalized spacial score (nSPS) is 22.4. The number of para-hydroxylation sites is 1. The molecule has 2 aromatic rings. The lowest BCUT2D eigenvalue weighted by atomic mass is 9.98. The Bertz CT molecular complexity index is 677. The van der Waals surface area contributed by atoms with Crippen LogP contribution in [0.2, 0.25) is 0 Å². The van der Waals surface area contributed by atoms with Gasteiger partial charge in [-0.05, 0) is 18.1 Å². The smallest absolute Gasteiger partial charge is 0.256 e. The zero-order valence-corrected chi connectivity index (χ0v) is 11.3. The van der Waals surface area contributed by atoms with E-state index in [-0.39, 0.29) is 23.7 Å². The van der Waals surface area contributed by atoms with Gasteiger partial charge in [-0.25, -0.2) is 0 Å². The van der Waals surface area contributed by atoms with Crippen LogP contribution >= 0.6 is 0 Å². The minimum absolute atomic E-state index is 0.0475. The van der Waals surface area contributed by atoms with Gasteiger partial charge in [-0.2, -0.15) is 0 Å². The monoisotopic (exact) mass is 271 g/mol. The molecule has 0 radical (unpaired) electrons. The number of H-pyrrole nitrogens is 1. The number of benzene rings is 1. The molecular weight excluding hydrogens is 254 g/mol. The fourth-order valence-corrected chi connectivity index (χ4v) is 2.94. The number of likely N-dealkylation sites (tertiary alicyclic amines) is 1. The summed E-state index contributed by atoms with van der Waals surface area (Å²) < 4.78 is 0. The van der Waals surface area contributed by atoms with Gasteiger partial charge in [0.25, 0.3) is 5.91 Å². The summed E-state index contributed by atoms with van der Waals surface area (Å²) in [5.41, 5.74) is 6.86. The zero-order valence-electron chi connectivity index (χ0n) is 11.3. The molecule has 1 aromatic carbocycles. The van der Waals surface area contributed by atoms with Crippen LogP contribution in [-0.4, -0.2) is 34.8 Å². The molecule has 5 heteroatoms. The molecule has 0 spiro atoms. The number of nitrogens with one attached hydrogen (secondary N) is 1. The van der Waals surface area contributed by atoms with Gasteiger partial charge in [-0.1, -0.05) is 19.1 Å². The highest BCUT2D eigenvalue weighted by atomic mass is 16.2. The van der Waals surface area contributed by atoms with Crippen LogP contribution in [0, 0.1) is 11.8 Å². The van der Waals surface area contributed by atoms with Crippen molar-refractivity contribution in [1.29, 1.82) is 0 Å². The van der Waals surface area contributed by atoms with Crippen molar-refractivity contribution < 1.29 is 9.59 Å². The first kappa shape index (κ1) is 12.7. The van der Waals surface area contributed by atoms with Crippen molar-refractivity contribution in [2.45, 2.75) is 6.92 Å². The van der Waals surface area contributed by atoms with Crippen LogP contribution in [0.4, 0.5) is 0 Å². The Labute approximate surface area is 116 Å². The quantitative estimate of drug-likeness (QED) is 0.865. The van der Waals surface area contributed by atoms with Crippen LogP contribution in [0.5, 0.6) is 0 Å². The number of aromatic amines is 1. The summed E-state index contributed by atoms with van der Waals surface area (Å²) in [4.78, 5) is 28.8. The van der Waals surface area contributed by atoms with E-state index in [1.54, 1.807) is 4.90 Å². The summed E-state index contributed by atoms with van der Waals surface area (Å²) in [5.74, 6) is -0.513. The molecule has 2 amide bonds. The summed E-state index contributed by atoms with van der Waals surface area (Å²) >= 11 is 0. The summed E-state index contributed by atoms with van der Waals surface area (Å²) in [5, 5.41) is 1.01. The molecule has 2 heterocycles. The lowest BCUT2D eigenvalue weighted by Crippen LogP contribution is -2.32. The molecule has 104 valence electrons. The zero-order chi connectivity index (χ0) is 14.3. The van der Waals surface area contributed by atoms with E-state index in [4.69, 9.17) is 5.73 Å². The van der Waals surface area contributed by atoms with Crippen molar-refractivity contribution in [2.75, 3.05) is 13.1 Å². The van der Waals surface area contributed by atoms with E-state index in [0.29, 0.717) is 18.7 Å². The van der Waals surface area contributed by atoms with E-state index in [2.05, 4.69) is 4.98 Å². The second-order valence-corrected chi connectivity index (χ2v) is 5.44. The lowest BCUT2D eigenvalue weighted by molar-refractivity contribution is -0.122. The molecule has 3 N–H and O–H groups in total. The Morgan fingerprint density at radius 3 is 2.80 bits per heavy atom. The van der Waals surface area contributed by atoms with Gasteiger partial charge in [-0.15, -0.1) is 0 Å². The van der Waals surface area contributed by atoms with Gasteiger partial charge < -0.3 is 15.6 Å². The number of aromatic nitrogens is 1. The molecule has 2 atom stereocenters. The number of primary amides is 1. The number of amides is 2. The van der Waals surface area contributed by atoms with Crippen molar-refractivity contribution >= 4 is 22.7 Å². The van der Waals surface area contributed by atoms with Crippen LogP contribution in [0.1, 0.15) is 17.3 Å². The maximum absolute atomic E-state index is 12.6. The number of fused-ring (bicyclic) bond motifs is 1. The number of hydrogen-bond donors (Lipinski definition) is 2. The van der Waals surface area contributed by atoms with Gasteiger partial charge in [0.15, 0.2) is 0 Å². The third-order valence-corrected chi connectivity index (χ3v) is 4.08. The van der Waals surface area contributed by atoms with Crippen LogP contribution in [0.25, 0.3) is 10.9 Å². The number of nitrogens with zero attached hydrogens (tertiary/aromatic N) is 1. The Balaban J connectivity index is 1.90. The Morgan fingerprint density at radius 2 is 2.10 bits per heavy atom. The first-order valence-electron chi connectivity index (χ1n) is 6.72. The molecule has 1 aliphatic heterocycles. The summed E-state index contributed by atoms with van der Waals surface area (Å²) in [7, 11) is 0. The number of hydrogen-bond acceptors (Lipinski definition) is 2. The van der Waals surface area contributed by atoms with E-state index in [9.17, 15) is 9.59 Å². The van der Waals surface area contributed by atoms with Gasteiger partial charge in [0.05, 0.1) is 17.0 Å². The highest BCUT2D eigenvalue weighted by Crippen LogP contribution is 2.26. The minimum atomic E-state index is -0.328. The largest absolute Gasteiger partial charge is 0.369 e. The number of rotatable bonds is 2. The summed E-state index contributed by atoms with van der Waals surface area (Å²) in [6, 6.07) is 7.57. The highest BCUT2D eigenvalue weighted by molar-refractivity contribution is 6.06. The highest BCUT2D eigenvalue weighted by Gasteiger charge is 2.36. The molecule has 0 unspecified atom stereocenters. The molecule has 0 saturated carbocycles. The minimum Gasteiger partial charge on any atom is -0.369 e. The SMILES string of the molecule is C[C@@H]1CN(C(=O)c2cccc3cc[nH]c23)C[C@H]1C(N)=O. The Hall–Kier alpha value is -2.30. The second kappa shape index (κ2) is 4.67. The first-order valence-corrected chi connectivity index (χ1v) is 6.72. The third-order valence-electron chi connectivity index (χ3n) is 4.08. The molecule has 0 bridgehead atoms. The van der Waals surface area contributed by atoms with Crippen molar-refractivity contribution in [2.24, 2.45) is 17.6 Å². The molecule has 1 aliphatic rings. The second-order valence-electron chi connectivity index (χ2n) is 5.44. The van der Waals surface area contributed by atoms with Crippen molar-refractivity contribution in [3.05, 3.63) is 36.0 Å². The maximum atomic E-state index is 12.6. The van der Waals surface area contributed by atoms with Gasteiger partial charge in [0.2, 0.25) is 5.91 Å². The summed E-state index contributed by atoms with van der Waals surface area (Å²) in [6.07, 6.45) is 1.82. The molecule has 3 rings (SSSR count). The standard InChI is InChI=1S/C15H17N3O2/c1-9-7-18(8-12(9)14(16)19)15(20)11-4-2-3-10-5-6-17-13(10)11/h2-6,9,12,17H,7-8H2,1H3,(H2,16,19)/t9-,12-/m1/s1. The Kier molecular flexibility index (Phi) is 2.97. The van der Waals surface area contributed by atoms with Gasteiger partial charge >= 0.3 is 0 Å². The topological polar surface area (TPSA) is 79.2 Å². The molecule has 20 heavy (non-hydrogen) atoms. The Morgan fingerprint density at radius 1 is 1.30 bits per heavy atom. The van der Waals surface area contributed by atoms with E-state index in [1.807, 2.05) is 37.4 Å². The number of carbonyl (C=O) groups excluding carboxylic acids is 2. The molecule has 1 aromatic heterocycles. The van der Waals surface area contributed by atoms with Gasteiger partial charge in [0, 0.05) is 24.7 Å². The van der Waals surface area contributed by atoms with E-state index in [0.717, 1.165) is 10.9 Å². The van der Waals surface area contributed by atoms with Crippen LogP contribution in [0.3, 0.4) is 0 Å². The molecule has 5 nitrogen and oxygen atoms in total. The van der Waals surface area contributed by atoms with Crippen LogP contribution in [-0.2, 0) is 4.79 Å². The van der Waals surface area contributed by atoms with Crippen LogP contribution in [0.15, 0.2) is 30.5 Å². The average molecular weight is 271 g/mol. The average Bonchev–Trinajstić information content (AvgIpc) is 3.03. The first-order chi connectivity index (χ1) is 9.58. The van der Waals surface area contributed by atoms with Crippen molar-refractivity contribution in [3.63, 3.8) is 0 Å². The number of carbonyl (C=O) groups is 2. The van der Waals surface area contributed by atoms with E-state index in [1.165, 1.54) is 0 Å².